The summed E-state index contributed by atoms with van der Waals surface area (Å²) in [5.74, 6) is 0.915. The minimum atomic E-state index is 0.915. The van der Waals surface area contributed by atoms with Crippen molar-refractivity contribution in [3.05, 3.63) is 42.5 Å². The minimum absolute atomic E-state index is 0.915. The van der Waals surface area contributed by atoms with Crippen LogP contribution in [0.25, 0.3) is 21.8 Å². The second-order valence-corrected chi connectivity index (χ2v) is 5.71. The molecule has 0 atom stereocenters. The molecule has 110 valence electrons. The normalized spacial score (nSPS) is 11.6. The van der Waals surface area contributed by atoms with E-state index in [0.717, 1.165) is 25.3 Å². The van der Waals surface area contributed by atoms with E-state index < -0.39 is 0 Å². The molecule has 0 aliphatic carbocycles. The zero-order valence-electron chi connectivity index (χ0n) is 13.0. The number of nitrogens with zero attached hydrogens (tertiary/aromatic N) is 2. The van der Waals surface area contributed by atoms with Gasteiger partial charge in [-0.3, -0.25) is 0 Å². The molecule has 1 aromatic heterocycles. The molecule has 3 nitrogen and oxygen atoms in total. The number of aromatic nitrogens is 1. The van der Waals surface area contributed by atoms with Crippen molar-refractivity contribution >= 4 is 21.8 Å². The van der Waals surface area contributed by atoms with Gasteiger partial charge in [-0.25, -0.2) is 0 Å². The summed E-state index contributed by atoms with van der Waals surface area (Å²) in [7, 11) is 5.96. The van der Waals surface area contributed by atoms with E-state index in [0.29, 0.717) is 0 Å². The van der Waals surface area contributed by atoms with Gasteiger partial charge in [-0.05, 0) is 51.3 Å². The summed E-state index contributed by atoms with van der Waals surface area (Å²) in [6, 6.07) is 15.0. The number of benzene rings is 2. The quantitative estimate of drug-likeness (QED) is 0.709. The number of rotatable bonds is 5. The Morgan fingerprint density at radius 2 is 1.76 bits per heavy atom. The largest absolute Gasteiger partial charge is 0.497 e. The third-order valence-corrected chi connectivity index (χ3v) is 3.97. The predicted octanol–water partition coefficient (Wildman–Crippen LogP) is 3.75. The first kappa shape index (κ1) is 14.0. The van der Waals surface area contributed by atoms with E-state index in [4.69, 9.17) is 4.74 Å². The Morgan fingerprint density at radius 1 is 1.00 bits per heavy atom. The minimum Gasteiger partial charge on any atom is -0.497 e. The van der Waals surface area contributed by atoms with Crippen LogP contribution >= 0.6 is 0 Å². The first-order valence-electron chi connectivity index (χ1n) is 7.40. The summed E-state index contributed by atoms with van der Waals surface area (Å²) in [6.07, 6.45) is 1.15. The molecule has 0 unspecified atom stereocenters. The molecule has 0 saturated heterocycles. The molecule has 0 aliphatic heterocycles. The molecule has 0 fully saturated rings. The predicted molar refractivity (Wildman–Crippen MR) is 89.2 cm³/mol. The van der Waals surface area contributed by atoms with Crippen LogP contribution in [-0.4, -0.2) is 37.2 Å². The lowest BCUT2D eigenvalue weighted by molar-refractivity contribution is 0.389. The molecule has 1 heterocycles. The Balaban J connectivity index is 2.11. The first-order chi connectivity index (χ1) is 10.2. The van der Waals surface area contributed by atoms with Crippen LogP contribution in [0.15, 0.2) is 42.5 Å². The standard InChI is InChI=1S/C18H22N2O/c1-19(2)11-6-12-20-17-8-5-4-7-15(17)16-13-14(21-3)9-10-18(16)20/h4-5,7-10,13H,6,11-12H2,1-3H3. The second kappa shape index (κ2) is 5.78. The molecule has 0 amide bonds. The maximum atomic E-state index is 5.38. The van der Waals surface area contributed by atoms with Crippen molar-refractivity contribution in [2.45, 2.75) is 13.0 Å². The van der Waals surface area contributed by atoms with Gasteiger partial charge in [-0.1, -0.05) is 18.2 Å². The maximum Gasteiger partial charge on any atom is 0.119 e. The Morgan fingerprint density at radius 3 is 2.52 bits per heavy atom. The fourth-order valence-corrected chi connectivity index (χ4v) is 2.95. The molecule has 21 heavy (non-hydrogen) atoms. The SMILES string of the molecule is COc1ccc2c(c1)c1ccccc1n2CCCN(C)C. The molecular formula is C18H22N2O. The van der Waals surface area contributed by atoms with Crippen molar-refractivity contribution < 1.29 is 4.74 Å². The summed E-state index contributed by atoms with van der Waals surface area (Å²) >= 11 is 0. The molecular weight excluding hydrogens is 260 g/mol. The van der Waals surface area contributed by atoms with Crippen molar-refractivity contribution in [2.75, 3.05) is 27.7 Å². The molecule has 2 aromatic carbocycles. The Kier molecular flexibility index (Phi) is 3.84. The third-order valence-electron chi connectivity index (χ3n) is 3.97. The number of hydrogen-bond acceptors (Lipinski definition) is 2. The van der Waals surface area contributed by atoms with Crippen LogP contribution in [0.4, 0.5) is 0 Å². The molecule has 0 radical (unpaired) electrons. The van der Waals surface area contributed by atoms with Gasteiger partial charge in [0.1, 0.15) is 5.75 Å². The topological polar surface area (TPSA) is 17.4 Å². The lowest BCUT2D eigenvalue weighted by Crippen LogP contribution is -2.15. The lowest BCUT2D eigenvalue weighted by Gasteiger charge is -2.11. The van der Waals surface area contributed by atoms with Crippen molar-refractivity contribution in [3.63, 3.8) is 0 Å². The zero-order valence-corrected chi connectivity index (χ0v) is 13.0. The van der Waals surface area contributed by atoms with Gasteiger partial charge in [0.15, 0.2) is 0 Å². The van der Waals surface area contributed by atoms with E-state index >= 15 is 0 Å². The fourth-order valence-electron chi connectivity index (χ4n) is 2.95. The lowest BCUT2D eigenvalue weighted by atomic mass is 10.1. The van der Waals surface area contributed by atoms with E-state index in [-0.39, 0.29) is 0 Å². The number of aryl methyl sites for hydroxylation is 1. The summed E-state index contributed by atoms with van der Waals surface area (Å²) in [6.45, 7) is 2.14. The number of hydrogen-bond donors (Lipinski definition) is 0. The smallest absolute Gasteiger partial charge is 0.119 e. The van der Waals surface area contributed by atoms with Crippen molar-refractivity contribution in [2.24, 2.45) is 0 Å². The van der Waals surface area contributed by atoms with E-state index in [9.17, 15) is 0 Å². The van der Waals surface area contributed by atoms with E-state index in [1.165, 1.54) is 21.8 Å². The highest BCUT2D eigenvalue weighted by Crippen LogP contribution is 2.31. The zero-order chi connectivity index (χ0) is 14.8. The van der Waals surface area contributed by atoms with Crippen LogP contribution in [0.3, 0.4) is 0 Å². The van der Waals surface area contributed by atoms with E-state index in [2.05, 4.69) is 60.0 Å². The molecule has 0 bridgehead atoms. The van der Waals surface area contributed by atoms with Crippen molar-refractivity contribution in [1.29, 1.82) is 0 Å². The van der Waals surface area contributed by atoms with Crippen molar-refractivity contribution in [1.82, 2.24) is 9.47 Å². The number of fused-ring (bicyclic) bond motifs is 3. The maximum absolute atomic E-state index is 5.38. The highest BCUT2D eigenvalue weighted by molar-refractivity contribution is 6.08. The molecule has 3 rings (SSSR count). The molecule has 0 aliphatic rings. The van der Waals surface area contributed by atoms with Crippen LogP contribution in [0.5, 0.6) is 5.75 Å². The van der Waals surface area contributed by atoms with Gasteiger partial charge >= 0.3 is 0 Å². The van der Waals surface area contributed by atoms with Crippen molar-refractivity contribution in [3.8, 4) is 5.75 Å². The first-order valence-corrected chi connectivity index (χ1v) is 7.40. The number of methoxy groups -OCH3 is 1. The summed E-state index contributed by atoms with van der Waals surface area (Å²) < 4.78 is 7.80. The monoisotopic (exact) mass is 282 g/mol. The molecule has 3 heteroatoms. The number of ether oxygens (including phenoxy) is 1. The Labute approximate surface area is 125 Å². The second-order valence-electron chi connectivity index (χ2n) is 5.71. The van der Waals surface area contributed by atoms with Gasteiger partial charge in [0, 0.05) is 28.4 Å². The average molecular weight is 282 g/mol. The number of para-hydroxylation sites is 1. The van der Waals surface area contributed by atoms with Gasteiger partial charge < -0.3 is 14.2 Å². The van der Waals surface area contributed by atoms with Gasteiger partial charge in [-0.15, -0.1) is 0 Å². The van der Waals surface area contributed by atoms with Gasteiger partial charge in [0.2, 0.25) is 0 Å². The Hall–Kier alpha value is -2.00. The highest BCUT2D eigenvalue weighted by atomic mass is 16.5. The van der Waals surface area contributed by atoms with Crippen LogP contribution in [0, 0.1) is 0 Å². The van der Waals surface area contributed by atoms with Gasteiger partial charge in [-0.2, -0.15) is 0 Å². The molecule has 3 aromatic rings. The molecule has 0 spiro atoms. The van der Waals surface area contributed by atoms with Crippen LogP contribution < -0.4 is 4.74 Å². The van der Waals surface area contributed by atoms with Crippen LogP contribution in [0.1, 0.15) is 6.42 Å². The summed E-state index contributed by atoms with van der Waals surface area (Å²) in [5, 5.41) is 2.58. The van der Waals surface area contributed by atoms with E-state index in [1.807, 2.05) is 6.07 Å². The fraction of sp³-hybridized carbons (Fsp3) is 0.333. The Bertz CT molecular complexity index is 758. The van der Waals surface area contributed by atoms with Gasteiger partial charge in [0.05, 0.1) is 7.11 Å². The molecule has 0 N–H and O–H groups in total. The van der Waals surface area contributed by atoms with E-state index in [1.54, 1.807) is 7.11 Å². The van der Waals surface area contributed by atoms with Crippen LogP contribution in [-0.2, 0) is 6.54 Å². The summed E-state index contributed by atoms with van der Waals surface area (Å²) in [4.78, 5) is 2.23. The summed E-state index contributed by atoms with van der Waals surface area (Å²) in [5.41, 5.74) is 2.59. The third kappa shape index (κ3) is 2.61. The highest BCUT2D eigenvalue weighted by Gasteiger charge is 2.10. The van der Waals surface area contributed by atoms with Gasteiger partial charge in [0.25, 0.3) is 0 Å². The molecule has 0 saturated carbocycles. The van der Waals surface area contributed by atoms with Crippen LogP contribution in [0.2, 0.25) is 0 Å². The average Bonchev–Trinajstić information content (AvgIpc) is 2.81.